The summed E-state index contributed by atoms with van der Waals surface area (Å²) in [6, 6.07) is 0.786. The van der Waals surface area contributed by atoms with Crippen molar-refractivity contribution < 1.29 is 0 Å². The molecule has 0 aromatic heterocycles. The lowest BCUT2D eigenvalue weighted by Gasteiger charge is -2.20. The molecule has 0 bridgehead atoms. The van der Waals surface area contributed by atoms with E-state index in [0.29, 0.717) is 5.41 Å². The summed E-state index contributed by atoms with van der Waals surface area (Å²) < 4.78 is 0. The zero-order valence-electron chi connectivity index (χ0n) is 12.0. The third-order valence-corrected chi connectivity index (χ3v) is 4.03. The summed E-state index contributed by atoms with van der Waals surface area (Å²) in [5, 5.41) is 3.76. The highest BCUT2D eigenvalue weighted by Gasteiger charge is 2.49. The summed E-state index contributed by atoms with van der Waals surface area (Å²) >= 11 is 0. The van der Waals surface area contributed by atoms with Crippen LogP contribution in [-0.2, 0) is 0 Å². The van der Waals surface area contributed by atoms with Gasteiger partial charge in [0.1, 0.15) is 0 Å². The highest BCUT2D eigenvalue weighted by atomic mass is 14.9. The Kier molecular flexibility index (Phi) is 5.30. The quantitative estimate of drug-likeness (QED) is 0.652. The van der Waals surface area contributed by atoms with Gasteiger partial charge in [0.2, 0.25) is 0 Å². The van der Waals surface area contributed by atoms with Crippen LogP contribution in [0.25, 0.3) is 0 Å². The fourth-order valence-electron chi connectivity index (χ4n) is 2.72. The first kappa shape index (κ1) is 14.0. The Balaban J connectivity index is 2.28. The van der Waals surface area contributed by atoms with Crippen LogP contribution >= 0.6 is 0 Å². The maximum absolute atomic E-state index is 3.76. The van der Waals surface area contributed by atoms with Gasteiger partial charge >= 0.3 is 0 Å². The van der Waals surface area contributed by atoms with Crippen LogP contribution in [0.5, 0.6) is 0 Å². The van der Waals surface area contributed by atoms with Crippen molar-refractivity contribution >= 4 is 0 Å². The molecule has 2 atom stereocenters. The molecule has 1 saturated carbocycles. The third kappa shape index (κ3) is 4.45. The van der Waals surface area contributed by atoms with E-state index < -0.39 is 0 Å². The highest BCUT2D eigenvalue weighted by molar-refractivity contribution is 5.01. The minimum absolute atomic E-state index is 0.614. The SMILES string of the molecule is CCCNC(CCCC(C)C)C1CC1(C)C. The Labute approximate surface area is 102 Å². The first-order valence-corrected chi connectivity index (χ1v) is 7.20. The molecule has 1 aliphatic rings. The van der Waals surface area contributed by atoms with Crippen LogP contribution < -0.4 is 5.32 Å². The Hall–Kier alpha value is -0.0400. The number of rotatable bonds is 8. The van der Waals surface area contributed by atoms with Gasteiger partial charge in [-0.25, -0.2) is 0 Å². The second-order valence-electron chi connectivity index (χ2n) is 6.68. The van der Waals surface area contributed by atoms with Gasteiger partial charge in [0.25, 0.3) is 0 Å². The summed E-state index contributed by atoms with van der Waals surface area (Å²) in [5.41, 5.74) is 0.614. The van der Waals surface area contributed by atoms with E-state index in [4.69, 9.17) is 0 Å². The van der Waals surface area contributed by atoms with Crippen molar-refractivity contribution in [2.45, 2.75) is 72.8 Å². The normalized spacial score (nSPS) is 24.8. The fraction of sp³-hybridized carbons (Fsp3) is 1.00. The summed E-state index contributed by atoms with van der Waals surface area (Å²) in [5.74, 6) is 1.80. The standard InChI is InChI=1S/C15H31N/c1-6-10-16-14(9-7-8-12(2)3)13-11-15(13,4)5/h12-14,16H,6-11H2,1-5H3. The molecule has 1 nitrogen and oxygen atoms in total. The molecular weight excluding hydrogens is 194 g/mol. The minimum Gasteiger partial charge on any atom is -0.314 e. The van der Waals surface area contributed by atoms with Crippen LogP contribution in [0.15, 0.2) is 0 Å². The van der Waals surface area contributed by atoms with Gasteiger partial charge in [0.05, 0.1) is 0 Å². The highest BCUT2D eigenvalue weighted by Crippen LogP contribution is 2.54. The van der Waals surface area contributed by atoms with Gasteiger partial charge in [0.15, 0.2) is 0 Å². The summed E-state index contributed by atoms with van der Waals surface area (Å²) in [6.45, 7) is 12.9. The van der Waals surface area contributed by atoms with Crippen molar-refractivity contribution in [3.05, 3.63) is 0 Å². The first-order valence-electron chi connectivity index (χ1n) is 7.20. The molecule has 0 saturated heterocycles. The maximum atomic E-state index is 3.76. The Morgan fingerprint density at radius 3 is 2.31 bits per heavy atom. The maximum Gasteiger partial charge on any atom is 0.0101 e. The molecular formula is C15H31N. The zero-order chi connectivity index (χ0) is 12.2. The Bertz CT molecular complexity index is 196. The summed E-state index contributed by atoms with van der Waals surface area (Å²) in [6.07, 6.45) is 6.85. The molecule has 1 fully saturated rings. The summed E-state index contributed by atoms with van der Waals surface area (Å²) in [4.78, 5) is 0. The largest absolute Gasteiger partial charge is 0.314 e. The van der Waals surface area contributed by atoms with E-state index in [2.05, 4.69) is 39.9 Å². The van der Waals surface area contributed by atoms with E-state index in [-0.39, 0.29) is 0 Å². The molecule has 0 amide bonds. The molecule has 1 N–H and O–H groups in total. The van der Waals surface area contributed by atoms with E-state index in [9.17, 15) is 0 Å². The van der Waals surface area contributed by atoms with Crippen LogP contribution in [0, 0.1) is 17.3 Å². The second-order valence-corrected chi connectivity index (χ2v) is 6.68. The van der Waals surface area contributed by atoms with Gasteiger partial charge in [0, 0.05) is 6.04 Å². The van der Waals surface area contributed by atoms with Crippen molar-refractivity contribution in [2.75, 3.05) is 6.54 Å². The average Bonchev–Trinajstić information content (AvgIpc) is 2.80. The van der Waals surface area contributed by atoms with Gasteiger partial charge in [-0.05, 0) is 43.1 Å². The third-order valence-electron chi connectivity index (χ3n) is 4.03. The van der Waals surface area contributed by atoms with Crippen LogP contribution in [0.3, 0.4) is 0 Å². The molecule has 1 heteroatoms. The van der Waals surface area contributed by atoms with Crippen molar-refractivity contribution in [2.24, 2.45) is 17.3 Å². The zero-order valence-corrected chi connectivity index (χ0v) is 12.0. The van der Waals surface area contributed by atoms with Crippen LogP contribution in [0.1, 0.15) is 66.7 Å². The molecule has 0 aromatic rings. The van der Waals surface area contributed by atoms with E-state index in [0.717, 1.165) is 17.9 Å². The lowest BCUT2D eigenvalue weighted by Crippen LogP contribution is -2.33. The van der Waals surface area contributed by atoms with Gasteiger partial charge in [-0.15, -0.1) is 0 Å². The van der Waals surface area contributed by atoms with Gasteiger partial charge in [-0.2, -0.15) is 0 Å². The molecule has 0 aliphatic heterocycles. The number of hydrogen-bond donors (Lipinski definition) is 1. The predicted octanol–water partition coefficient (Wildman–Crippen LogP) is 4.23. The monoisotopic (exact) mass is 225 g/mol. The molecule has 0 heterocycles. The van der Waals surface area contributed by atoms with Crippen molar-refractivity contribution in [1.82, 2.24) is 5.32 Å². The van der Waals surface area contributed by atoms with Gasteiger partial charge < -0.3 is 5.32 Å². The average molecular weight is 225 g/mol. The van der Waals surface area contributed by atoms with Gasteiger partial charge in [-0.3, -0.25) is 0 Å². The lowest BCUT2D eigenvalue weighted by atomic mass is 9.96. The molecule has 2 unspecified atom stereocenters. The van der Waals surface area contributed by atoms with Crippen LogP contribution in [-0.4, -0.2) is 12.6 Å². The van der Waals surface area contributed by atoms with Crippen molar-refractivity contribution in [3.8, 4) is 0 Å². The Morgan fingerprint density at radius 2 is 1.88 bits per heavy atom. The topological polar surface area (TPSA) is 12.0 Å². The van der Waals surface area contributed by atoms with E-state index in [1.165, 1.54) is 38.6 Å². The van der Waals surface area contributed by atoms with Crippen LogP contribution in [0.4, 0.5) is 0 Å². The smallest absolute Gasteiger partial charge is 0.0101 e. The molecule has 0 spiro atoms. The van der Waals surface area contributed by atoms with E-state index in [1.54, 1.807) is 0 Å². The van der Waals surface area contributed by atoms with E-state index >= 15 is 0 Å². The van der Waals surface area contributed by atoms with E-state index in [1.807, 2.05) is 0 Å². The second kappa shape index (κ2) is 6.05. The molecule has 0 aromatic carbocycles. The molecule has 1 aliphatic carbocycles. The molecule has 1 rings (SSSR count). The molecule has 16 heavy (non-hydrogen) atoms. The van der Waals surface area contributed by atoms with Crippen molar-refractivity contribution in [1.29, 1.82) is 0 Å². The lowest BCUT2D eigenvalue weighted by molar-refractivity contribution is 0.365. The first-order chi connectivity index (χ1) is 7.47. The number of nitrogens with one attached hydrogen (secondary N) is 1. The predicted molar refractivity (Wildman–Crippen MR) is 72.7 cm³/mol. The molecule has 96 valence electrons. The molecule has 0 radical (unpaired) electrons. The number of hydrogen-bond acceptors (Lipinski definition) is 1. The Morgan fingerprint density at radius 1 is 1.25 bits per heavy atom. The van der Waals surface area contributed by atoms with Crippen LogP contribution in [0.2, 0.25) is 0 Å². The van der Waals surface area contributed by atoms with Crippen molar-refractivity contribution in [3.63, 3.8) is 0 Å². The van der Waals surface area contributed by atoms with Gasteiger partial charge in [-0.1, -0.05) is 47.5 Å². The minimum atomic E-state index is 0.614. The summed E-state index contributed by atoms with van der Waals surface area (Å²) in [7, 11) is 0. The fourth-order valence-corrected chi connectivity index (χ4v) is 2.72.